The lowest BCUT2D eigenvalue weighted by Gasteiger charge is -2.14. The number of carbonyl (C=O) groups excluding carboxylic acids is 1. The minimum absolute atomic E-state index is 0.0704. The second kappa shape index (κ2) is 8.00. The smallest absolute Gasteiger partial charge is 0.226 e. The first-order valence-corrected chi connectivity index (χ1v) is 8.24. The number of pyridine rings is 1. The van der Waals surface area contributed by atoms with Gasteiger partial charge in [-0.25, -0.2) is 4.98 Å². The lowest BCUT2D eigenvalue weighted by Crippen LogP contribution is -2.29. The molecular weight excluding hydrogens is 298 g/mol. The van der Waals surface area contributed by atoms with Gasteiger partial charge in [0.1, 0.15) is 5.01 Å². The first-order chi connectivity index (χ1) is 10.6. The van der Waals surface area contributed by atoms with Crippen LogP contribution in [0.1, 0.15) is 26.0 Å². The summed E-state index contributed by atoms with van der Waals surface area (Å²) in [6.45, 7) is 4.40. The molecule has 2 rings (SSSR count). The zero-order chi connectivity index (χ0) is 15.9. The first kappa shape index (κ1) is 16.6. The third kappa shape index (κ3) is 4.89. The molecule has 2 aromatic rings. The van der Waals surface area contributed by atoms with Crippen LogP contribution in [-0.4, -0.2) is 33.6 Å². The highest BCUT2D eigenvalue weighted by molar-refractivity contribution is 7.13. The van der Waals surface area contributed by atoms with Gasteiger partial charge in [-0.3, -0.25) is 9.78 Å². The highest BCUT2D eigenvalue weighted by Crippen LogP contribution is 2.22. The number of rotatable bonds is 7. The SMILES string of the molecule is CC(C)C(O)CCNC(=O)Cc1csc(-c2cccnc2)n1. The summed E-state index contributed by atoms with van der Waals surface area (Å²) in [5, 5.41) is 15.3. The topological polar surface area (TPSA) is 75.1 Å². The first-order valence-electron chi connectivity index (χ1n) is 7.36. The largest absolute Gasteiger partial charge is 0.393 e. The van der Waals surface area contributed by atoms with E-state index in [1.807, 2.05) is 31.4 Å². The van der Waals surface area contributed by atoms with Crippen LogP contribution < -0.4 is 5.32 Å². The standard InChI is InChI=1S/C16H21N3O2S/c1-11(2)14(20)5-7-18-15(21)8-13-10-22-16(19-13)12-4-3-6-17-9-12/h3-4,6,9-11,14,20H,5,7-8H2,1-2H3,(H,18,21). The highest BCUT2D eigenvalue weighted by atomic mass is 32.1. The Hall–Kier alpha value is -1.79. The van der Waals surface area contributed by atoms with Crippen molar-refractivity contribution in [3.63, 3.8) is 0 Å². The number of hydrogen-bond acceptors (Lipinski definition) is 5. The van der Waals surface area contributed by atoms with Crippen molar-refractivity contribution in [3.05, 3.63) is 35.6 Å². The molecule has 0 saturated heterocycles. The second-order valence-electron chi connectivity index (χ2n) is 5.51. The molecule has 0 aromatic carbocycles. The molecule has 0 bridgehead atoms. The van der Waals surface area contributed by atoms with E-state index in [0.29, 0.717) is 13.0 Å². The maximum atomic E-state index is 11.9. The van der Waals surface area contributed by atoms with Gasteiger partial charge in [0.15, 0.2) is 0 Å². The van der Waals surface area contributed by atoms with Crippen LogP contribution in [0.15, 0.2) is 29.9 Å². The number of thiazole rings is 1. The van der Waals surface area contributed by atoms with Crippen molar-refractivity contribution in [2.45, 2.75) is 32.8 Å². The molecule has 1 amide bonds. The van der Waals surface area contributed by atoms with Gasteiger partial charge in [0.05, 0.1) is 18.2 Å². The molecule has 6 heteroatoms. The van der Waals surface area contributed by atoms with Crippen LogP contribution in [0.4, 0.5) is 0 Å². The number of aromatic nitrogens is 2. The van der Waals surface area contributed by atoms with E-state index in [9.17, 15) is 9.90 Å². The summed E-state index contributed by atoms with van der Waals surface area (Å²) in [5.41, 5.74) is 1.71. The zero-order valence-electron chi connectivity index (χ0n) is 12.8. The van der Waals surface area contributed by atoms with E-state index < -0.39 is 0 Å². The van der Waals surface area contributed by atoms with E-state index in [1.165, 1.54) is 11.3 Å². The fourth-order valence-corrected chi connectivity index (χ4v) is 2.74. The average molecular weight is 319 g/mol. The van der Waals surface area contributed by atoms with Crippen molar-refractivity contribution in [2.24, 2.45) is 5.92 Å². The number of nitrogens with zero attached hydrogens (tertiary/aromatic N) is 2. The van der Waals surface area contributed by atoms with Crippen molar-refractivity contribution >= 4 is 17.2 Å². The third-order valence-electron chi connectivity index (χ3n) is 3.33. The summed E-state index contributed by atoms with van der Waals surface area (Å²) in [6, 6.07) is 3.81. The van der Waals surface area contributed by atoms with E-state index in [0.717, 1.165) is 16.3 Å². The lowest BCUT2D eigenvalue weighted by atomic mass is 10.0. The van der Waals surface area contributed by atoms with E-state index in [-0.39, 0.29) is 24.3 Å². The summed E-state index contributed by atoms with van der Waals surface area (Å²) in [5.74, 6) is 0.136. The molecule has 118 valence electrons. The fourth-order valence-electron chi connectivity index (χ4n) is 1.93. The van der Waals surface area contributed by atoms with Gasteiger partial charge in [0, 0.05) is 29.9 Å². The Morgan fingerprint density at radius 2 is 2.27 bits per heavy atom. The third-order valence-corrected chi connectivity index (χ3v) is 4.27. The van der Waals surface area contributed by atoms with Crippen molar-refractivity contribution in [1.29, 1.82) is 0 Å². The van der Waals surface area contributed by atoms with Gasteiger partial charge in [0.2, 0.25) is 5.91 Å². The Kier molecular flexibility index (Phi) is 6.03. The Bertz CT molecular complexity index is 598. The van der Waals surface area contributed by atoms with E-state index >= 15 is 0 Å². The van der Waals surface area contributed by atoms with Crippen LogP contribution in [0.5, 0.6) is 0 Å². The number of carbonyl (C=O) groups is 1. The summed E-state index contributed by atoms with van der Waals surface area (Å²) in [7, 11) is 0. The molecule has 2 heterocycles. The van der Waals surface area contributed by atoms with Crippen molar-refractivity contribution in [3.8, 4) is 10.6 Å². The number of aliphatic hydroxyl groups is 1. The van der Waals surface area contributed by atoms with Gasteiger partial charge in [-0.2, -0.15) is 0 Å². The molecule has 0 saturated carbocycles. The minimum atomic E-state index is -0.378. The molecule has 0 aliphatic carbocycles. The average Bonchev–Trinajstić information content (AvgIpc) is 2.96. The van der Waals surface area contributed by atoms with Gasteiger partial charge in [0.25, 0.3) is 0 Å². The summed E-state index contributed by atoms with van der Waals surface area (Å²) in [4.78, 5) is 20.4. The van der Waals surface area contributed by atoms with E-state index in [4.69, 9.17) is 0 Å². The molecule has 2 N–H and O–H groups in total. The highest BCUT2D eigenvalue weighted by Gasteiger charge is 2.11. The molecule has 2 aromatic heterocycles. The van der Waals surface area contributed by atoms with Crippen molar-refractivity contribution < 1.29 is 9.90 Å². The molecule has 0 radical (unpaired) electrons. The number of aliphatic hydroxyl groups excluding tert-OH is 1. The predicted molar refractivity (Wildman–Crippen MR) is 87.5 cm³/mol. The molecule has 0 spiro atoms. The minimum Gasteiger partial charge on any atom is -0.393 e. The number of amides is 1. The molecule has 22 heavy (non-hydrogen) atoms. The van der Waals surface area contributed by atoms with Crippen LogP contribution in [0, 0.1) is 5.92 Å². The van der Waals surface area contributed by atoms with Crippen LogP contribution in [0.2, 0.25) is 0 Å². The van der Waals surface area contributed by atoms with Gasteiger partial charge in [-0.15, -0.1) is 11.3 Å². The Labute approximate surface area is 134 Å². The van der Waals surface area contributed by atoms with E-state index in [1.54, 1.807) is 12.4 Å². The molecule has 1 atom stereocenters. The van der Waals surface area contributed by atoms with E-state index in [2.05, 4.69) is 15.3 Å². The Morgan fingerprint density at radius 1 is 1.45 bits per heavy atom. The lowest BCUT2D eigenvalue weighted by molar-refractivity contribution is -0.120. The predicted octanol–water partition coefficient (Wildman–Crippen LogP) is 2.27. The van der Waals surface area contributed by atoms with Gasteiger partial charge >= 0.3 is 0 Å². The quantitative estimate of drug-likeness (QED) is 0.821. The van der Waals surface area contributed by atoms with Gasteiger partial charge in [-0.1, -0.05) is 13.8 Å². The summed E-state index contributed by atoms with van der Waals surface area (Å²) in [6.07, 6.45) is 3.93. The normalized spacial score (nSPS) is 12.4. The summed E-state index contributed by atoms with van der Waals surface area (Å²) < 4.78 is 0. The molecule has 0 aliphatic heterocycles. The Balaban J connectivity index is 1.82. The van der Waals surface area contributed by atoms with Crippen LogP contribution >= 0.6 is 11.3 Å². The molecule has 0 fully saturated rings. The summed E-state index contributed by atoms with van der Waals surface area (Å²) >= 11 is 1.51. The zero-order valence-corrected chi connectivity index (χ0v) is 13.6. The fraction of sp³-hybridized carbons (Fsp3) is 0.438. The van der Waals surface area contributed by atoms with Crippen molar-refractivity contribution in [2.75, 3.05) is 6.54 Å². The number of hydrogen-bond donors (Lipinski definition) is 2. The molecule has 1 unspecified atom stereocenters. The molecule has 5 nitrogen and oxygen atoms in total. The maximum absolute atomic E-state index is 11.9. The van der Waals surface area contributed by atoms with Crippen LogP contribution in [0.25, 0.3) is 10.6 Å². The molecule has 0 aliphatic rings. The number of nitrogens with one attached hydrogen (secondary N) is 1. The monoisotopic (exact) mass is 319 g/mol. The van der Waals surface area contributed by atoms with Gasteiger partial charge < -0.3 is 10.4 Å². The second-order valence-corrected chi connectivity index (χ2v) is 6.37. The van der Waals surface area contributed by atoms with Crippen LogP contribution in [0.3, 0.4) is 0 Å². The Morgan fingerprint density at radius 3 is 2.95 bits per heavy atom. The molecular formula is C16H21N3O2S. The van der Waals surface area contributed by atoms with Crippen LogP contribution in [-0.2, 0) is 11.2 Å². The maximum Gasteiger partial charge on any atom is 0.226 e. The van der Waals surface area contributed by atoms with Crippen molar-refractivity contribution in [1.82, 2.24) is 15.3 Å². The van der Waals surface area contributed by atoms with Gasteiger partial charge in [-0.05, 0) is 24.5 Å².